The largest absolute Gasteiger partial charge is 0.445 e. The minimum Gasteiger partial charge on any atom is -0.445 e. The van der Waals surface area contributed by atoms with Crippen LogP contribution in [0.4, 0.5) is 4.79 Å². The van der Waals surface area contributed by atoms with Gasteiger partial charge in [-0.2, -0.15) is 0 Å². The van der Waals surface area contributed by atoms with E-state index < -0.39 is 6.09 Å². The number of nitrogens with one attached hydrogen (secondary N) is 2. The average molecular weight is 370 g/mol. The maximum atomic E-state index is 12.3. The van der Waals surface area contributed by atoms with Gasteiger partial charge >= 0.3 is 6.09 Å². The SMILES string of the molecule is O=C(CCCNC(=O)OCc1ccccc1)N[C@@H]1C[C@H]2C[C@H]1[C@@H]1CCC[C@@H]21. The van der Waals surface area contributed by atoms with Gasteiger partial charge in [-0.3, -0.25) is 4.79 Å². The Balaban J connectivity index is 1.09. The van der Waals surface area contributed by atoms with E-state index in [1.165, 1.54) is 32.1 Å². The Hall–Kier alpha value is -2.04. The van der Waals surface area contributed by atoms with E-state index in [1.807, 2.05) is 30.3 Å². The van der Waals surface area contributed by atoms with Crippen LogP contribution in [0.15, 0.2) is 30.3 Å². The van der Waals surface area contributed by atoms with Crippen LogP contribution in [0.2, 0.25) is 0 Å². The molecule has 27 heavy (non-hydrogen) atoms. The number of benzene rings is 1. The highest BCUT2D eigenvalue weighted by atomic mass is 16.5. The van der Waals surface area contributed by atoms with Crippen LogP contribution in [-0.4, -0.2) is 24.6 Å². The van der Waals surface area contributed by atoms with Gasteiger partial charge in [0.15, 0.2) is 0 Å². The predicted molar refractivity (Wildman–Crippen MR) is 103 cm³/mol. The van der Waals surface area contributed by atoms with Crippen molar-refractivity contribution in [3.8, 4) is 0 Å². The molecule has 0 saturated heterocycles. The molecule has 0 unspecified atom stereocenters. The Bertz CT molecular complexity index is 663. The monoisotopic (exact) mass is 370 g/mol. The summed E-state index contributed by atoms with van der Waals surface area (Å²) in [4.78, 5) is 24.0. The molecule has 1 aromatic carbocycles. The van der Waals surface area contributed by atoms with Gasteiger partial charge in [-0.05, 0) is 61.3 Å². The number of rotatable bonds is 7. The van der Waals surface area contributed by atoms with Crippen molar-refractivity contribution < 1.29 is 14.3 Å². The lowest BCUT2D eigenvalue weighted by Crippen LogP contribution is -2.42. The van der Waals surface area contributed by atoms with Crippen LogP contribution in [0.25, 0.3) is 0 Å². The standard InChI is InChI=1S/C22H30N2O3/c25-21(24-20-13-16-12-19(20)18-9-4-8-17(16)18)10-5-11-23-22(26)27-14-15-6-2-1-3-7-15/h1-3,6-7,16-20H,4-5,8-14H2,(H,23,26)(H,24,25)/t16-,17+,18-,19+,20-/m1/s1. The van der Waals surface area contributed by atoms with Crippen molar-refractivity contribution in [3.63, 3.8) is 0 Å². The third kappa shape index (κ3) is 4.28. The van der Waals surface area contributed by atoms with Crippen LogP contribution in [0.1, 0.15) is 50.5 Å². The Kier molecular flexibility index (Phi) is 5.65. The van der Waals surface area contributed by atoms with Crippen LogP contribution in [0.3, 0.4) is 0 Å². The van der Waals surface area contributed by atoms with Crippen LogP contribution < -0.4 is 10.6 Å². The van der Waals surface area contributed by atoms with Gasteiger partial charge in [0.1, 0.15) is 6.61 Å². The molecule has 5 atom stereocenters. The quantitative estimate of drug-likeness (QED) is 0.720. The van der Waals surface area contributed by atoms with Gasteiger partial charge in [0.05, 0.1) is 0 Å². The lowest BCUT2D eigenvalue weighted by atomic mass is 9.79. The van der Waals surface area contributed by atoms with Crippen LogP contribution in [0, 0.1) is 23.7 Å². The minimum atomic E-state index is -0.431. The fraction of sp³-hybridized carbons (Fsp3) is 0.636. The molecule has 3 saturated carbocycles. The fourth-order valence-electron chi connectivity index (χ4n) is 5.73. The van der Waals surface area contributed by atoms with E-state index in [-0.39, 0.29) is 12.5 Å². The molecule has 2 N–H and O–H groups in total. The zero-order chi connectivity index (χ0) is 18.6. The molecule has 2 amide bonds. The first-order chi connectivity index (χ1) is 13.2. The molecule has 5 nitrogen and oxygen atoms in total. The predicted octanol–water partition coefficient (Wildman–Crippen LogP) is 3.63. The summed E-state index contributed by atoms with van der Waals surface area (Å²) in [5.41, 5.74) is 0.961. The molecule has 0 spiro atoms. The first-order valence-corrected chi connectivity index (χ1v) is 10.4. The lowest BCUT2D eigenvalue weighted by Gasteiger charge is -2.32. The van der Waals surface area contributed by atoms with Crippen molar-refractivity contribution in [3.05, 3.63) is 35.9 Å². The van der Waals surface area contributed by atoms with Gasteiger partial charge in [0.25, 0.3) is 0 Å². The summed E-state index contributed by atoms with van der Waals surface area (Å²) in [6, 6.07) is 9.99. The van der Waals surface area contributed by atoms with Crippen LogP contribution >= 0.6 is 0 Å². The summed E-state index contributed by atoms with van der Waals surface area (Å²) in [6.07, 6.45) is 7.34. The molecular formula is C22H30N2O3. The normalized spacial score (nSPS) is 30.7. The van der Waals surface area contributed by atoms with Gasteiger partial charge in [-0.15, -0.1) is 0 Å². The molecule has 0 aliphatic heterocycles. The van der Waals surface area contributed by atoms with E-state index in [9.17, 15) is 9.59 Å². The van der Waals surface area contributed by atoms with Gasteiger partial charge in [-0.25, -0.2) is 4.79 Å². The smallest absolute Gasteiger partial charge is 0.407 e. The third-order valence-electron chi connectivity index (χ3n) is 6.84. The van der Waals surface area contributed by atoms with E-state index in [0.29, 0.717) is 25.4 Å². The average Bonchev–Trinajstić information content (AvgIpc) is 3.38. The Morgan fingerprint density at radius 2 is 1.85 bits per heavy atom. The van der Waals surface area contributed by atoms with E-state index in [2.05, 4.69) is 10.6 Å². The summed E-state index contributed by atoms with van der Waals surface area (Å²) in [6.45, 7) is 0.724. The molecule has 0 aromatic heterocycles. The molecular weight excluding hydrogens is 340 g/mol. The second-order valence-corrected chi connectivity index (χ2v) is 8.42. The van der Waals surface area contributed by atoms with Gasteiger partial charge in [-0.1, -0.05) is 36.8 Å². The zero-order valence-electron chi connectivity index (χ0n) is 15.9. The zero-order valence-corrected chi connectivity index (χ0v) is 15.9. The molecule has 146 valence electrons. The van der Waals surface area contributed by atoms with Gasteiger partial charge in [0.2, 0.25) is 5.91 Å². The van der Waals surface area contributed by atoms with Crippen LogP contribution in [0.5, 0.6) is 0 Å². The van der Waals surface area contributed by atoms with E-state index in [0.717, 1.165) is 29.2 Å². The maximum Gasteiger partial charge on any atom is 0.407 e. The summed E-state index contributed by atoms with van der Waals surface area (Å²) in [5, 5.41) is 5.99. The first-order valence-electron chi connectivity index (χ1n) is 10.4. The molecule has 0 heterocycles. The summed E-state index contributed by atoms with van der Waals surface area (Å²) < 4.78 is 5.17. The lowest BCUT2D eigenvalue weighted by molar-refractivity contribution is -0.122. The summed E-state index contributed by atoms with van der Waals surface area (Å²) >= 11 is 0. The van der Waals surface area contributed by atoms with Crippen molar-refractivity contribution in [2.45, 2.75) is 57.6 Å². The Labute approximate surface area is 161 Å². The summed E-state index contributed by atoms with van der Waals surface area (Å²) in [5.74, 6) is 3.53. The number of fused-ring (bicyclic) bond motifs is 5. The second kappa shape index (κ2) is 8.32. The highest BCUT2D eigenvalue weighted by Crippen LogP contribution is 2.58. The topological polar surface area (TPSA) is 67.4 Å². The molecule has 4 rings (SSSR count). The summed E-state index contributed by atoms with van der Waals surface area (Å²) in [7, 11) is 0. The first kappa shape index (κ1) is 18.3. The molecule has 3 fully saturated rings. The van der Waals surface area contributed by atoms with Gasteiger partial charge in [0, 0.05) is 19.0 Å². The molecule has 2 bridgehead atoms. The van der Waals surface area contributed by atoms with Gasteiger partial charge < -0.3 is 15.4 Å². The van der Waals surface area contributed by atoms with Crippen molar-refractivity contribution in [2.75, 3.05) is 6.54 Å². The van der Waals surface area contributed by atoms with Crippen molar-refractivity contribution in [1.29, 1.82) is 0 Å². The number of ether oxygens (including phenoxy) is 1. The number of carbonyl (C=O) groups is 2. The maximum absolute atomic E-state index is 12.3. The fourth-order valence-corrected chi connectivity index (χ4v) is 5.73. The highest BCUT2D eigenvalue weighted by molar-refractivity contribution is 5.76. The number of carbonyl (C=O) groups excluding carboxylic acids is 2. The number of hydrogen-bond acceptors (Lipinski definition) is 3. The molecule has 0 radical (unpaired) electrons. The molecule has 1 aromatic rings. The third-order valence-corrected chi connectivity index (χ3v) is 6.84. The molecule has 3 aliphatic rings. The number of alkyl carbamates (subject to hydrolysis) is 1. The number of amides is 2. The Morgan fingerprint density at radius 3 is 2.70 bits per heavy atom. The van der Waals surface area contributed by atoms with E-state index >= 15 is 0 Å². The highest BCUT2D eigenvalue weighted by Gasteiger charge is 2.53. The number of hydrogen-bond donors (Lipinski definition) is 2. The molecule has 3 aliphatic carbocycles. The van der Waals surface area contributed by atoms with Crippen molar-refractivity contribution in [1.82, 2.24) is 10.6 Å². The van der Waals surface area contributed by atoms with E-state index in [4.69, 9.17) is 4.74 Å². The Morgan fingerprint density at radius 1 is 1.04 bits per heavy atom. The van der Waals surface area contributed by atoms with Crippen molar-refractivity contribution >= 4 is 12.0 Å². The molecule has 5 heteroatoms. The second-order valence-electron chi connectivity index (χ2n) is 8.42. The minimum absolute atomic E-state index is 0.126. The van der Waals surface area contributed by atoms with Crippen LogP contribution in [-0.2, 0) is 16.1 Å². The van der Waals surface area contributed by atoms with Crippen molar-refractivity contribution in [2.24, 2.45) is 23.7 Å². The van der Waals surface area contributed by atoms with E-state index in [1.54, 1.807) is 0 Å².